The molecule has 0 bridgehead atoms. The van der Waals surface area contributed by atoms with Crippen LogP contribution < -0.4 is 20.9 Å². The lowest BCUT2D eigenvalue weighted by molar-refractivity contribution is -0.119. The van der Waals surface area contributed by atoms with Gasteiger partial charge in [-0.1, -0.05) is 36.4 Å². The first-order chi connectivity index (χ1) is 21.8. The van der Waals surface area contributed by atoms with E-state index in [4.69, 9.17) is 5.73 Å². The highest BCUT2D eigenvalue weighted by Crippen LogP contribution is 2.40. The van der Waals surface area contributed by atoms with Crippen molar-refractivity contribution in [3.8, 4) is 0 Å². The molecule has 2 heterocycles. The molecule has 5 N–H and O–H groups in total. The number of aromatic nitrogens is 1. The molecule has 1 aliphatic heterocycles. The number of carbonyl (C=O) groups excluding carboxylic acids is 3. The van der Waals surface area contributed by atoms with E-state index < -0.39 is 17.7 Å². The summed E-state index contributed by atoms with van der Waals surface area (Å²) in [5, 5.41) is 14.0. The van der Waals surface area contributed by atoms with E-state index in [1.54, 1.807) is 35.8 Å². The predicted octanol–water partition coefficient (Wildman–Crippen LogP) is 6.17. The monoisotopic (exact) mass is 687 g/mol. The predicted molar refractivity (Wildman–Crippen MR) is 187 cm³/mol. The molecule has 0 saturated carbocycles. The molecule has 1 aromatic heterocycles. The number of nitrogens with two attached hydrogens (primary N) is 1. The highest BCUT2D eigenvalue weighted by molar-refractivity contribution is 9.10. The fourth-order valence-corrected chi connectivity index (χ4v) is 6.81. The first-order valence-corrected chi connectivity index (χ1v) is 16.5. The number of benzene rings is 3. The van der Waals surface area contributed by atoms with Crippen LogP contribution in [-0.2, 0) is 11.2 Å². The number of aliphatic hydroxyl groups excluding tert-OH is 1. The van der Waals surface area contributed by atoms with Gasteiger partial charge in [-0.2, -0.15) is 0 Å². The van der Waals surface area contributed by atoms with E-state index in [1.807, 2.05) is 69.3 Å². The van der Waals surface area contributed by atoms with Crippen LogP contribution in [0.4, 0.5) is 17.2 Å². The van der Waals surface area contributed by atoms with Crippen molar-refractivity contribution in [2.75, 3.05) is 22.9 Å². The number of amides is 2. The topological polar surface area (TPSA) is 132 Å². The van der Waals surface area contributed by atoms with E-state index in [9.17, 15) is 19.5 Å². The summed E-state index contributed by atoms with van der Waals surface area (Å²) in [5.74, 6) is -0.178. The number of nitrogens with zero attached hydrogens (tertiary/aromatic N) is 2. The molecule has 0 spiro atoms. The third-order valence-corrected chi connectivity index (χ3v) is 9.42. The quantitative estimate of drug-likeness (QED) is 0.148. The van der Waals surface area contributed by atoms with Crippen molar-refractivity contribution < 1.29 is 19.5 Å². The number of aliphatic hydroxyl groups is 1. The number of ketones is 1. The van der Waals surface area contributed by atoms with Crippen molar-refractivity contribution in [2.24, 2.45) is 5.73 Å². The molecule has 1 unspecified atom stereocenters. The SMILES string of the molecule is CCN(C(=O)c1ccc(C(=O)CC(C)(C)NC[C@@H](C)O)c(N2C(=O)C(N)CCc3ccccc32)c1C)c1[nH]c2ccccc2c1Br. The first-order valence-electron chi connectivity index (χ1n) is 15.7. The fraction of sp³-hybridized carbons (Fsp3) is 0.361. The zero-order valence-electron chi connectivity index (χ0n) is 27.0. The Hall–Kier alpha value is -3.83. The van der Waals surface area contributed by atoms with Gasteiger partial charge in [0, 0.05) is 47.1 Å². The van der Waals surface area contributed by atoms with Crippen LogP contribution >= 0.6 is 15.9 Å². The Balaban J connectivity index is 1.67. The molecule has 2 amide bonds. The molecule has 2 atom stereocenters. The highest BCUT2D eigenvalue weighted by Gasteiger charge is 2.35. The average molecular weight is 689 g/mol. The van der Waals surface area contributed by atoms with E-state index in [0.717, 1.165) is 20.9 Å². The Kier molecular flexibility index (Phi) is 9.83. The second kappa shape index (κ2) is 13.5. The minimum absolute atomic E-state index is 0.0955. The summed E-state index contributed by atoms with van der Waals surface area (Å²) in [6.07, 6.45) is 0.582. The number of H-pyrrole nitrogens is 1. The van der Waals surface area contributed by atoms with Crippen LogP contribution in [0.3, 0.4) is 0 Å². The minimum Gasteiger partial charge on any atom is -0.392 e. The number of aryl methyl sites for hydroxylation is 1. The molecule has 10 heteroatoms. The van der Waals surface area contributed by atoms with E-state index in [2.05, 4.69) is 26.2 Å². The van der Waals surface area contributed by atoms with Crippen LogP contribution in [0.2, 0.25) is 0 Å². The van der Waals surface area contributed by atoms with Crippen LogP contribution in [0.1, 0.15) is 72.4 Å². The number of carbonyl (C=O) groups is 3. The maximum Gasteiger partial charge on any atom is 0.259 e. The number of β-amino-alcohol motifs (C(OH)–C–C–N with tert-alkyl or cyclic N) is 1. The number of nitrogens with one attached hydrogen (secondary N) is 2. The number of anilines is 3. The fourth-order valence-electron chi connectivity index (χ4n) is 6.15. The number of fused-ring (bicyclic) bond motifs is 2. The van der Waals surface area contributed by atoms with Gasteiger partial charge in [0.05, 0.1) is 28.0 Å². The second-order valence-corrected chi connectivity index (χ2v) is 13.5. The molecule has 0 radical (unpaired) electrons. The smallest absolute Gasteiger partial charge is 0.259 e. The van der Waals surface area contributed by atoms with Crippen LogP contribution in [0, 0.1) is 6.92 Å². The molecule has 1 aliphatic rings. The number of hydrogen-bond acceptors (Lipinski definition) is 6. The Labute approximate surface area is 278 Å². The summed E-state index contributed by atoms with van der Waals surface area (Å²) < 4.78 is 0.775. The molecule has 242 valence electrons. The summed E-state index contributed by atoms with van der Waals surface area (Å²) in [6.45, 7) is 9.87. The summed E-state index contributed by atoms with van der Waals surface area (Å²) in [5.41, 5.74) is 9.84. The maximum absolute atomic E-state index is 14.4. The van der Waals surface area contributed by atoms with E-state index in [1.165, 1.54) is 0 Å². The maximum atomic E-state index is 14.4. The van der Waals surface area contributed by atoms with Gasteiger partial charge in [0.25, 0.3) is 5.91 Å². The van der Waals surface area contributed by atoms with Crippen LogP contribution in [0.25, 0.3) is 10.9 Å². The minimum atomic E-state index is -0.785. The van der Waals surface area contributed by atoms with Crippen molar-refractivity contribution in [1.82, 2.24) is 10.3 Å². The van der Waals surface area contributed by atoms with Crippen molar-refractivity contribution in [2.45, 2.75) is 71.6 Å². The second-order valence-electron chi connectivity index (χ2n) is 12.7. The molecule has 5 rings (SSSR count). The Morgan fingerprint density at radius 2 is 1.80 bits per heavy atom. The average Bonchev–Trinajstić information content (AvgIpc) is 3.29. The molecule has 9 nitrogen and oxygen atoms in total. The molecule has 3 aromatic carbocycles. The number of Topliss-reactive ketones (excluding diaryl/α,β-unsaturated/α-hetero) is 1. The third kappa shape index (κ3) is 6.53. The van der Waals surface area contributed by atoms with Gasteiger partial charge >= 0.3 is 0 Å². The van der Waals surface area contributed by atoms with Gasteiger partial charge in [-0.3, -0.25) is 24.2 Å². The number of hydrogen-bond donors (Lipinski definition) is 4. The van der Waals surface area contributed by atoms with E-state index >= 15 is 0 Å². The number of aromatic amines is 1. The summed E-state index contributed by atoms with van der Waals surface area (Å²) in [4.78, 5) is 49.2. The van der Waals surface area contributed by atoms with Gasteiger partial charge in [-0.05, 0) is 98.8 Å². The van der Waals surface area contributed by atoms with E-state index in [0.29, 0.717) is 59.8 Å². The Morgan fingerprint density at radius 3 is 2.50 bits per heavy atom. The molecule has 4 aromatic rings. The highest BCUT2D eigenvalue weighted by atomic mass is 79.9. The molecule has 0 aliphatic carbocycles. The van der Waals surface area contributed by atoms with E-state index in [-0.39, 0.29) is 24.0 Å². The van der Waals surface area contributed by atoms with Crippen molar-refractivity contribution in [3.05, 3.63) is 87.4 Å². The third-order valence-electron chi connectivity index (χ3n) is 8.61. The van der Waals surface area contributed by atoms with Crippen LogP contribution in [0.5, 0.6) is 0 Å². The molecular formula is C36H42BrN5O4. The summed E-state index contributed by atoms with van der Waals surface area (Å²) in [7, 11) is 0. The molecule has 0 saturated heterocycles. The lowest BCUT2D eigenvalue weighted by atomic mass is 9.90. The molecule has 46 heavy (non-hydrogen) atoms. The van der Waals surface area contributed by atoms with Crippen molar-refractivity contribution in [1.29, 1.82) is 0 Å². The summed E-state index contributed by atoms with van der Waals surface area (Å²) >= 11 is 3.69. The Morgan fingerprint density at radius 1 is 1.13 bits per heavy atom. The standard InChI is InChI=1S/C36H42BrN5O4/c1-6-41(33-31(37)25-12-8-9-13-28(25)40-33)34(45)24-16-17-26(30(44)19-36(4,5)39-20-21(2)43)32(22(24)3)42-29-14-10-7-11-23(29)15-18-27(38)35(42)46/h7-14,16-17,21,27,39-40,43H,6,15,18-20,38H2,1-5H3/t21-,27?/m1/s1. The first kappa shape index (κ1) is 33.5. The number of para-hydroxylation sites is 2. The lowest BCUT2D eigenvalue weighted by Gasteiger charge is -2.31. The summed E-state index contributed by atoms with van der Waals surface area (Å²) in [6, 6.07) is 18.0. The van der Waals surface area contributed by atoms with Crippen molar-refractivity contribution >= 4 is 61.6 Å². The van der Waals surface area contributed by atoms with Gasteiger partial charge in [-0.25, -0.2) is 0 Å². The normalized spacial score (nSPS) is 15.9. The van der Waals surface area contributed by atoms with Crippen LogP contribution in [-0.4, -0.2) is 58.5 Å². The zero-order chi connectivity index (χ0) is 33.3. The molecule has 0 fully saturated rings. The van der Waals surface area contributed by atoms with Gasteiger partial charge in [-0.15, -0.1) is 0 Å². The zero-order valence-corrected chi connectivity index (χ0v) is 28.6. The van der Waals surface area contributed by atoms with Gasteiger partial charge in [0.1, 0.15) is 5.82 Å². The molecular weight excluding hydrogens is 646 g/mol. The Bertz CT molecular complexity index is 1800. The van der Waals surface area contributed by atoms with Crippen LogP contribution in [0.15, 0.2) is 65.1 Å². The van der Waals surface area contributed by atoms with Gasteiger partial charge in [0.2, 0.25) is 5.91 Å². The van der Waals surface area contributed by atoms with Gasteiger partial charge < -0.3 is 21.1 Å². The lowest BCUT2D eigenvalue weighted by Crippen LogP contribution is -2.45. The largest absolute Gasteiger partial charge is 0.392 e. The van der Waals surface area contributed by atoms with Gasteiger partial charge in [0.15, 0.2) is 5.78 Å². The number of halogens is 1. The van der Waals surface area contributed by atoms with Crippen molar-refractivity contribution in [3.63, 3.8) is 0 Å². The number of rotatable bonds is 10.